The molecule has 1 aliphatic rings. The zero-order chi connectivity index (χ0) is 23.7. The second kappa shape index (κ2) is 9.15. The second-order valence-electron chi connectivity index (χ2n) is 8.12. The third-order valence-electron chi connectivity index (χ3n) is 6.07. The minimum Gasteiger partial charge on any atom is -0.362 e. The Balaban J connectivity index is 1.45. The molecule has 8 nitrogen and oxygen atoms in total. The maximum Gasteiger partial charge on any atom is 0.292 e. The number of benzene rings is 3. The number of piperazine rings is 1. The number of nitro benzene ring substituents is 1. The van der Waals surface area contributed by atoms with Crippen LogP contribution in [0.3, 0.4) is 0 Å². The van der Waals surface area contributed by atoms with E-state index in [4.69, 9.17) is 21.6 Å². The average Bonchev–Trinajstić information content (AvgIpc) is 2.87. The highest BCUT2D eigenvalue weighted by atomic mass is 35.5. The van der Waals surface area contributed by atoms with Crippen molar-refractivity contribution in [3.8, 4) is 0 Å². The van der Waals surface area contributed by atoms with Crippen LogP contribution in [0.2, 0.25) is 5.02 Å². The molecular formula is C25H23ClN6O2. The fraction of sp³-hybridized carbons (Fsp3) is 0.200. The standard InChI is InChI=1S/C25H23ClN6O2/c1-29(19-8-6-7-18(26)17-19)24-20-9-2-3-10-21(20)27-25(28-24)31-15-13-30(14-16-31)22-11-4-5-12-23(22)32(33)34/h2-12,17H,13-16H2,1H3. The number of anilines is 4. The number of rotatable bonds is 5. The highest BCUT2D eigenvalue weighted by Gasteiger charge is 2.25. The maximum absolute atomic E-state index is 11.4. The van der Waals surface area contributed by atoms with E-state index in [1.807, 2.05) is 66.5 Å². The van der Waals surface area contributed by atoms with Crippen molar-refractivity contribution >= 4 is 51.3 Å². The number of fused-ring (bicyclic) bond motifs is 1. The summed E-state index contributed by atoms with van der Waals surface area (Å²) in [6.07, 6.45) is 0. The summed E-state index contributed by atoms with van der Waals surface area (Å²) in [6.45, 7) is 2.59. The summed E-state index contributed by atoms with van der Waals surface area (Å²) < 4.78 is 0. The number of para-hydroxylation sites is 3. The van der Waals surface area contributed by atoms with E-state index < -0.39 is 0 Å². The van der Waals surface area contributed by atoms with Crippen molar-refractivity contribution in [2.75, 3.05) is 47.9 Å². The van der Waals surface area contributed by atoms with Crippen molar-refractivity contribution in [1.29, 1.82) is 0 Å². The molecule has 3 aromatic carbocycles. The Bertz CT molecular complexity index is 1360. The fourth-order valence-electron chi connectivity index (χ4n) is 4.29. The van der Waals surface area contributed by atoms with E-state index in [2.05, 4.69) is 9.80 Å². The van der Waals surface area contributed by atoms with Gasteiger partial charge in [0.05, 0.1) is 10.4 Å². The minimum atomic E-state index is -0.327. The number of aromatic nitrogens is 2. The summed E-state index contributed by atoms with van der Waals surface area (Å²) in [5, 5.41) is 13.1. The number of hydrogen-bond donors (Lipinski definition) is 0. The van der Waals surface area contributed by atoms with Crippen LogP contribution >= 0.6 is 11.6 Å². The summed E-state index contributed by atoms with van der Waals surface area (Å²) in [5.74, 6) is 1.44. The van der Waals surface area contributed by atoms with Gasteiger partial charge in [-0.3, -0.25) is 10.1 Å². The summed E-state index contributed by atoms with van der Waals surface area (Å²) in [6, 6.07) is 22.5. The van der Waals surface area contributed by atoms with Gasteiger partial charge in [0.15, 0.2) is 0 Å². The molecule has 0 amide bonds. The predicted octanol–water partition coefficient (Wildman–Crippen LogP) is 5.29. The van der Waals surface area contributed by atoms with Crippen LogP contribution in [-0.2, 0) is 0 Å². The van der Waals surface area contributed by atoms with Crippen LogP contribution in [0.25, 0.3) is 10.9 Å². The van der Waals surface area contributed by atoms with Gasteiger partial charge in [0.2, 0.25) is 5.95 Å². The highest BCUT2D eigenvalue weighted by molar-refractivity contribution is 6.30. The summed E-state index contributed by atoms with van der Waals surface area (Å²) in [4.78, 5) is 27.1. The minimum absolute atomic E-state index is 0.128. The van der Waals surface area contributed by atoms with Crippen molar-refractivity contribution in [2.45, 2.75) is 0 Å². The first-order valence-corrected chi connectivity index (χ1v) is 11.4. The number of nitrogens with zero attached hydrogens (tertiary/aromatic N) is 6. The lowest BCUT2D eigenvalue weighted by molar-refractivity contribution is -0.384. The van der Waals surface area contributed by atoms with Crippen LogP contribution in [0, 0.1) is 10.1 Å². The molecule has 34 heavy (non-hydrogen) atoms. The molecular weight excluding hydrogens is 452 g/mol. The molecule has 1 aromatic heterocycles. The van der Waals surface area contributed by atoms with Gasteiger partial charge in [-0.25, -0.2) is 4.98 Å². The van der Waals surface area contributed by atoms with Crippen molar-refractivity contribution in [3.05, 3.63) is 87.9 Å². The lowest BCUT2D eigenvalue weighted by Crippen LogP contribution is -2.47. The summed E-state index contributed by atoms with van der Waals surface area (Å²) in [5.41, 5.74) is 2.57. The summed E-state index contributed by atoms with van der Waals surface area (Å²) >= 11 is 6.23. The van der Waals surface area contributed by atoms with Crippen molar-refractivity contribution < 1.29 is 4.92 Å². The molecule has 0 bridgehead atoms. The third kappa shape index (κ3) is 4.20. The van der Waals surface area contributed by atoms with Gasteiger partial charge < -0.3 is 14.7 Å². The Morgan fingerprint density at radius 2 is 1.62 bits per heavy atom. The van der Waals surface area contributed by atoms with E-state index in [1.54, 1.807) is 18.2 Å². The number of nitro groups is 1. The molecule has 0 saturated carbocycles. The largest absolute Gasteiger partial charge is 0.362 e. The molecule has 1 saturated heterocycles. The van der Waals surface area contributed by atoms with Gasteiger partial charge in [-0.1, -0.05) is 41.9 Å². The van der Waals surface area contributed by atoms with Gasteiger partial charge in [0, 0.05) is 55.4 Å². The molecule has 9 heteroatoms. The Hall–Kier alpha value is -3.91. The topological polar surface area (TPSA) is 78.6 Å². The van der Waals surface area contributed by atoms with Crippen LogP contribution in [0.15, 0.2) is 72.8 Å². The first kappa shape index (κ1) is 21.9. The second-order valence-corrected chi connectivity index (χ2v) is 8.56. The zero-order valence-corrected chi connectivity index (χ0v) is 19.4. The van der Waals surface area contributed by atoms with Crippen molar-refractivity contribution in [2.24, 2.45) is 0 Å². The molecule has 0 spiro atoms. The van der Waals surface area contributed by atoms with Crippen LogP contribution in [-0.4, -0.2) is 48.1 Å². The predicted molar refractivity (Wildman–Crippen MR) is 137 cm³/mol. The van der Waals surface area contributed by atoms with Crippen molar-refractivity contribution in [3.63, 3.8) is 0 Å². The van der Waals surface area contributed by atoms with E-state index in [-0.39, 0.29) is 10.6 Å². The molecule has 1 fully saturated rings. The average molecular weight is 475 g/mol. The number of halogens is 1. The SMILES string of the molecule is CN(c1cccc(Cl)c1)c1nc(N2CCN(c3ccccc3[N+](=O)[O-])CC2)nc2ccccc12. The molecule has 0 radical (unpaired) electrons. The Morgan fingerprint density at radius 1 is 0.912 bits per heavy atom. The normalized spacial score (nSPS) is 13.8. The van der Waals surface area contributed by atoms with Crippen LogP contribution in [0.4, 0.5) is 28.8 Å². The van der Waals surface area contributed by atoms with E-state index in [0.29, 0.717) is 42.8 Å². The van der Waals surface area contributed by atoms with Gasteiger partial charge in [-0.15, -0.1) is 0 Å². The molecule has 0 unspecified atom stereocenters. The fourth-order valence-corrected chi connectivity index (χ4v) is 4.47. The Labute approximate surface area is 202 Å². The van der Waals surface area contributed by atoms with Crippen LogP contribution in [0.5, 0.6) is 0 Å². The first-order valence-electron chi connectivity index (χ1n) is 11.0. The van der Waals surface area contributed by atoms with E-state index in [1.165, 1.54) is 0 Å². The van der Waals surface area contributed by atoms with E-state index >= 15 is 0 Å². The van der Waals surface area contributed by atoms with Gasteiger partial charge >= 0.3 is 0 Å². The molecule has 0 aliphatic carbocycles. The molecule has 1 aliphatic heterocycles. The highest BCUT2D eigenvalue weighted by Crippen LogP contribution is 2.33. The molecule has 172 valence electrons. The lowest BCUT2D eigenvalue weighted by Gasteiger charge is -2.36. The van der Waals surface area contributed by atoms with Crippen LogP contribution < -0.4 is 14.7 Å². The molecule has 5 rings (SSSR count). The molecule has 4 aromatic rings. The number of hydrogen-bond acceptors (Lipinski definition) is 7. The van der Waals surface area contributed by atoms with Crippen LogP contribution in [0.1, 0.15) is 0 Å². The third-order valence-corrected chi connectivity index (χ3v) is 6.30. The zero-order valence-electron chi connectivity index (χ0n) is 18.6. The van der Waals surface area contributed by atoms with Crippen molar-refractivity contribution in [1.82, 2.24) is 9.97 Å². The van der Waals surface area contributed by atoms with Gasteiger partial charge in [-0.05, 0) is 36.4 Å². The quantitative estimate of drug-likeness (QED) is 0.287. The Morgan fingerprint density at radius 3 is 2.38 bits per heavy atom. The summed E-state index contributed by atoms with van der Waals surface area (Å²) in [7, 11) is 1.97. The monoisotopic (exact) mass is 474 g/mol. The smallest absolute Gasteiger partial charge is 0.292 e. The molecule has 0 N–H and O–H groups in total. The van der Waals surface area contributed by atoms with Gasteiger partial charge in [0.25, 0.3) is 5.69 Å². The lowest BCUT2D eigenvalue weighted by atomic mass is 10.2. The van der Waals surface area contributed by atoms with E-state index in [0.717, 1.165) is 22.4 Å². The molecule has 0 atom stereocenters. The van der Waals surface area contributed by atoms with Gasteiger partial charge in [0.1, 0.15) is 11.5 Å². The van der Waals surface area contributed by atoms with E-state index in [9.17, 15) is 10.1 Å². The Kier molecular flexibility index (Phi) is 5.90. The molecule has 2 heterocycles. The maximum atomic E-state index is 11.4. The first-order chi connectivity index (χ1) is 16.5. The van der Waals surface area contributed by atoms with Gasteiger partial charge in [-0.2, -0.15) is 4.98 Å².